The Morgan fingerprint density at radius 1 is 0.909 bits per heavy atom. The number of piperidine rings is 1. The van der Waals surface area contributed by atoms with Crippen molar-refractivity contribution in [1.82, 2.24) is 5.32 Å². The maximum Gasteiger partial charge on any atom is 0.140 e. The minimum absolute atomic E-state index is 0.0439. The third kappa shape index (κ3) is 2.97. The van der Waals surface area contributed by atoms with Crippen LogP contribution in [0.4, 0.5) is 0 Å². The van der Waals surface area contributed by atoms with E-state index >= 15 is 0 Å². The number of benzene rings is 2. The molecule has 1 aliphatic rings. The topological polar surface area (TPSA) is 29.1 Å². The van der Waals surface area contributed by atoms with Crippen LogP contribution in [0.25, 0.3) is 0 Å². The van der Waals surface area contributed by atoms with E-state index in [9.17, 15) is 4.79 Å². The van der Waals surface area contributed by atoms with Crippen molar-refractivity contribution in [3.63, 3.8) is 0 Å². The van der Waals surface area contributed by atoms with Crippen LogP contribution in [0.15, 0.2) is 60.7 Å². The van der Waals surface area contributed by atoms with Gasteiger partial charge in [0.2, 0.25) is 0 Å². The molecule has 0 amide bonds. The Hall–Kier alpha value is -1.93. The quantitative estimate of drug-likeness (QED) is 0.914. The molecule has 1 heterocycles. The summed E-state index contributed by atoms with van der Waals surface area (Å²) in [4.78, 5) is 12.8. The van der Waals surface area contributed by atoms with Crippen LogP contribution in [-0.2, 0) is 4.79 Å². The molecular weight excluding hydrogens is 270 g/mol. The molecule has 1 fully saturated rings. The largest absolute Gasteiger partial charge is 0.302 e. The van der Waals surface area contributed by atoms with Crippen molar-refractivity contribution in [3.05, 3.63) is 71.8 Å². The minimum Gasteiger partial charge on any atom is -0.302 e. The molecule has 22 heavy (non-hydrogen) atoms. The first-order valence-electron chi connectivity index (χ1n) is 8.05. The van der Waals surface area contributed by atoms with E-state index in [1.165, 1.54) is 11.1 Å². The molecule has 0 aromatic heterocycles. The molecule has 0 bridgehead atoms. The summed E-state index contributed by atoms with van der Waals surface area (Å²) in [6.45, 7) is 4.28. The van der Waals surface area contributed by atoms with Gasteiger partial charge in [0.25, 0.3) is 0 Å². The first-order chi connectivity index (χ1) is 10.7. The average molecular weight is 293 g/mol. The fourth-order valence-corrected chi connectivity index (χ4v) is 3.52. The Balaban J connectivity index is 1.94. The lowest BCUT2D eigenvalue weighted by molar-refractivity contribution is -0.128. The molecule has 2 heteroatoms. The molecule has 0 aliphatic carbocycles. The molecule has 0 unspecified atom stereocenters. The fraction of sp³-hybridized carbons (Fsp3) is 0.350. The van der Waals surface area contributed by atoms with Crippen LogP contribution < -0.4 is 5.32 Å². The summed E-state index contributed by atoms with van der Waals surface area (Å²) in [5, 5.41) is 3.73. The zero-order valence-corrected chi connectivity index (χ0v) is 13.2. The van der Waals surface area contributed by atoms with Crippen molar-refractivity contribution >= 4 is 5.78 Å². The maximum absolute atomic E-state index is 12.8. The van der Waals surface area contributed by atoms with Gasteiger partial charge in [0.1, 0.15) is 5.78 Å². The zero-order valence-electron chi connectivity index (χ0n) is 13.2. The summed E-state index contributed by atoms with van der Waals surface area (Å²) < 4.78 is 0. The molecule has 3 atom stereocenters. The van der Waals surface area contributed by atoms with Crippen LogP contribution in [-0.4, -0.2) is 5.78 Å². The van der Waals surface area contributed by atoms with Gasteiger partial charge in [0, 0.05) is 24.4 Å². The molecule has 1 N–H and O–H groups in total. The molecule has 2 aromatic carbocycles. The SMILES string of the molecule is CC(C)[C@@H]1C(=O)C[C@H](c2ccccc2)N[C@@H]1c1ccccc1. The molecule has 0 spiro atoms. The Labute approximate surface area is 132 Å². The number of hydrogen-bond acceptors (Lipinski definition) is 2. The minimum atomic E-state index is 0.0439. The van der Waals surface area contributed by atoms with Gasteiger partial charge in [-0.05, 0) is 17.0 Å². The van der Waals surface area contributed by atoms with Gasteiger partial charge in [0.15, 0.2) is 0 Å². The first-order valence-corrected chi connectivity index (χ1v) is 8.05. The van der Waals surface area contributed by atoms with E-state index in [0.717, 1.165) is 0 Å². The highest BCUT2D eigenvalue weighted by Gasteiger charge is 2.38. The third-order valence-corrected chi connectivity index (χ3v) is 4.60. The highest BCUT2D eigenvalue weighted by molar-refractivity contribution is 5.84. The van der Waals surface area contributed by atoms with Gasteiger partial charge in [-0.15, -0.1) is 0 Å². The summed E-state index contributed by atoms with van der Waals surface area (Å²) in [5.41, 5.74) is 2.40. The Morgan fingerprint density at radius 3 is 2.00 bits per heavy atom. The summed E-state index contributed by atoms with van der Waals surface area (Å²) >= 11 is 0. The molecule has 3 rings (SSSR count). The van der Waals surface area contributed by atoms with Crippen molar-refractivity contribution in [1.29, 1.82) is 0 Å². The molecule has 0 saturated carbocycles. The van der Waals surface area contributed by atoms with E-state index in [1.54, 1.807) is 0 Å². The van der Waals surface area contributed by atoms with Crippen molar-refractivity contribution in [2.45, 2.75) is 32.4 Å². The lowest BCUT2D eigenvalue weighted by Crippen LogP contribution is -2.44. The second-order valence-corrected chi connectivity index (χ2v) is 6.46. The second kappa shape index (κ2) is 6.45. The molecular formula is C20H23NO. The van der Waals surface area contributed by atoms with Crippen LogP contribution >= 0.6 is 0 Å². The summed E-state index contributed by atoms with van der Waals surface area (Å²) in [5.74, 6) is 0.751. The molecule has 114 valence electrons. The van der Waals surface area contributed by atoms with Gasteiger partial charge in [-0.25, -0.2) is 0 Å². The van der Waals surface area contributed by atoms with E-state index < -0.39 is 0 Å². The molecule has 0 radical (unpaired) electrons. The Morgan fingerprint density at radius 2 is 1.45 bits per heavy atom. The van der Waals surface area contributed by atoms with Gasteiger partial charge in [-0.3, -0.25) is 4.79 Å². The van der Waals surface area contributed by atoms with E-state index in [1.807, 2.05) is 36.4 Å². The van der Waals surface area contributed by atoms with E-state index in [-0.39, 0.29) is 18.0 Å². The number of carbonyl (C=O) groups is 1. The van der Waals surface area contributed by atoms with Crippen molar-refractivity contribution in [2.24, 2.45) is 11.8 Å². The van der Waals surface area contributed by atoms with Crippen LogP contribution in [0.5, 0.6) is 0 Å². The van der Waals surface area contributed by atoms with Gasteiger partial charge in [-0.1, -0.05) is 74.5 Å². The maximum atomic E-state index is 12.8. The predicted octanol–water partition coefficient (Wildman–Crippen LogP) is 4.30. The fourth-order valence-electron chi connectivity index (χ4n) is 3.52. The average Bonchev–Trinajstić information content (AvgIpc) is 2.55. The molecule has 1 saturated heterocycles. The number of ketones is 1. The lowest BCUT2D eigenvalue weighted by atomic mass is 9.75. The van der Waals surface area contributed by atoms with Crippen LogP contribution in [0.1, 0.15) is 43.5 Å². The van der Waals surface area contributed by atoms with Gasteiger partial charge >= 0.3 is 0 Å². The smallest absolute Gasteiger partial charge is 0.140 e. The Bertz CT molecular complexity index is 621. The molecule has 2 aromatic rings. The van der Waals surface area contributed by atoms with E-state index in [0.29, 0.717) is 18.1 Å². The molecule has 2 nitrogen and oxygen atoms in total. The highest BCUT2D eigenvalue weighted by Crippen LogP contribution is 2.38. The van der Waals surface area contributed by atoms with Crippen LogP contribution in [0.3, 0.4) is 0 Å². The van der Waals surface area contributed by atoms with E-state index in [4.69, 9.17) is 0 Å². The number of hydrogen-bond donors (Lipinski definition) is 1. The first kappa shape index (κ1) is 15.0. The normalized spacial score (nSPS) is 25.4. The van der Waals surface area contributed by atoms with Gasteiger partial charge in [-0.2, -0.15) is 0 Å². The zero-order chi connectivity index (χ0) is 15.5. The van der Waals surface area contributed by atoms with Crippen molar-refractivity contribution in [2.75, 3.05) is 0 Å². The van der Waals surface area contributed by atoms with Gasteiger partial charge in [0.05, 0.1) is 0 Å². The van der Waals surface area contributed by atoms with E-state index in [2.05, 4.69) is 43.4 Å². The summed E-state index contributed by atoms with van der Waals surface area (Å²) in [6.07, 6.45) is 0.580. The summed E-state index contributed by atoms with van der Waals surface area (Å²) in [6, 6.07) is 20.8. The standard InChI is InChI=1S/C20H23NO/c1-14(2)19-18(22)13-17(15-9-5-3-6-10-15)21-20(19)16-11-7-4-8-12-16/h3-12,14,17,19-21H,13H2,1-2H3/t17-,19-,20-/m1/s1. The van der Waals surface area contributed by atoms with Crippen LogP contribution in [0, 0.1) is 11.8 Å². The van der Waals surface area contributed by atoms with Gasteiger partial charge < -0.3 is 5.32 Å². The Kier molecular flexibility index (Phi) is 4.39. The summed E-state index contributed by atoms with van der Waals surface area (Å²) in [7, 11) is 0. The highest BCUT2D eigenvalue weighted by atomic mass is 16.1. The van der Waals surface area contributed by atoms with Crippen molar-refractivity contribution < 1.29 is 4.79 Å². The number of carbonyl (C=O) groups excluding carboxylic acids is 1. The number of nitrogens with one attached hydrogen (secondary N) is 1. The predicted molar refractivity (Wildman–Crippen MR) is 89.5 cm³/mol. The lowest BCUT2D eigenvalue weighted by Gasteiger charge is -2.39. The molecule has 1 aliphatic heterocycles. The third-order valence-electron chi connectivity index (χ3n) is 4.60. The second-order valence-electron chi connectivity index (χ2n) is 6.46. The monoisotopic (exact) mass is 293 g/mol. The number of Topliss-reactive ketones (excluding diaryl/α,β-unsaturated/α-hetero) is 1. The van der Waals surface area contributed by atoms with Crippen molar-refractivity contribution in [3.8, 4) is 0 Å². The number of rotatable bonds is 3. The van der Waals surface area contributed by atoms with Crippen LogP contribution in [0.2, 0.25) is 0 Å².